The minimum absolute atomic E-state index is 0.0278. The Bertz CT molecular complexity index is 1300. The maximum atomic E-state index is 13.7. The van der Waals surface area contributed by atoms with Crippen molar-refractivity contribution in [2.24, 2.45) is 0 Å². The summed E-state index contributed by atoms with van der Waals surface area (Å²) in [5.74, 6) is -0.0530. The molecule has 0 aliphatic rings. The lowest BCUT2D eigenvalue weighted by Crippen LogP contribution is -2.22. The molecule has 2 heterocycles. The number of hydrogen-bond acceptors (Lipinski definition) is 7. The van der Waals surface area contributed by atoms with Crippen LogP contribution >= 0.6 is 7.14 Å². The van der Waals surface area contributed by atoms with Gasteiger partial charge in [0.1, 0.15) is 28.2 Å². The third-order valence-corrected chi connectivity index (χ3v) is 10.1. The fourth-order valence-corrected chi connectivity index (χ4v) is 5.76. The first kappa shape index (κ1) is 28.6. The number of benzene rings is 1. The summed E-state index contributed by atoms with van der Waals surface area (Å²) >= 11 is 0. The lowest BCUT2D eigenvalue weighted by molar-refractivity contribution is -0.137. The zero-order valence-corrected chi connectivity index (χ0v) is 22.8. The molecule has 0 aliphatic carbocycles. The molecule has 0 saturated carbocycles. The van der Waals surface area contributed by atoms with Gasteiger partial charge in [0.15, 0.2) is 0 Å². The molecule has 8 nitrogen and oxygen atoms in total. The van der Waals surface area contributed by atoms with Gasteiger partial charge < -0.3 is 15.2 Å². The first-order valence-corrected chi connectivity index (χ1v) is 15.4. The van der Waals surface area contributed by atoms with E-state index in [1.807, 2.05) is 19.9 Å². The molecule has 3 rings (SSSR count). The average Bonchev–Trinajstić information content (AvgIpc) is 2.86. The van der Waals surface area contributed by atoms with Crippen LogP contribution in [0.5, 0.6) is 0 Å². The van der Waals surface area contributed by atoms with Gasteiger partial charge in [-0.3, -0.25) is 4.31 Å². The Kier molecular flexibility index (Phi) is 9.31. The minimum atomic E-state index is -4.68. The Morgan fingerprint density at radius 3 is 2.49 bits per heavy atom. The SMILES string of the molecule is CCP(=O)(CC)Cc1cccc(Nc2ncc(C(F)(F)F)c(NCc3cccnc3N(C)S(C)=O)n2)c1. The van der Waals surface area contributed by atoms with Crippen molar-refractivity contribution in [1.82, 2.24) is 15.0 Å². The maximum absolute atomic E-state index is 13.7. The van der Waals surface area contributed by atoms with Crippen LogP contribution < -0.4 is 14.9 Å². The van der Waals surface area contributed by atoms with Crippen LogP contribution in [-0.4, -0.2) is 44.8 Å². The molecule has 37 heavy (non-hydrogen) atoms. The van der Waals surface area contributed by atoms with E-state index in [1.165, 1.54) is 16.8 Å². The van der Waals surface area contributed by atoms with Crippen molar-refractivity contribution in [3.63, 3.8) is 0 Å². The number of aromatic nitrogens is 3. The molecule has 0 fully saturated rings. The van der Waals surface area contributed by atoms with E-state index in [4.69, 9.17) is 0 Å². The van der Waals surface area contributed by atoms with Crippen molar-refractivity contribution < 1.29 is 21.9 Å². The smallest absolute Gasteiger partial charge is 0.365 e. The lowest BCUT2D eigenvalue weighted by Gasteiger charge is -2.19. The molecule has 2 N–H and O–H groups in total. The Labute approximate surface area is 217 Å². The normalized spacial score (nSPS) is 12.7. The number of halogens is 3. The molecule has 3 aromatic rings. The summed E-state index contributed by atoms with van der Waals surface area (Å²) in [5.41, 5.74) is 0.967. The molecule has 0 spiro atoms. The number of alkyl halides is 3. The number of nitrogens with zero attached hydrogens (tertiary/aromatic N) is 4. The summed E-state index contributed by atoms with van der Waals surface area (Å²) in [7, 11) is -2.09. The van der Waals surface area contributed by atoms with Crippen molar-refractivity contribution >= 4 is 41.4 Å². The molecular formula is C24H30F3N6O2PS. The first-order chi connectivity index (χ1) is 17.5. The summed E-state index contributed by atoms with van der Waals surface area (Å²) in [5, 5.41) is 5.69. The standard InChI is InChI=1S/C24H30F3N6O2PS/c1-5-36(34,6-2)16-17-9-7-11-19(13-17)31-23-30-15-20(24(25,26)27)21(32-23)29-14-18-10-8-12-28-22(18)33(3)37(4)35/h7-13,15H,5-6,14,16H2,1-4H3,(H2,29,30,31,32). The van der Waals surface area contributed by atoms with E-state index in [2.05, 4.69) is 25.6 Å². The fraction of sp³-hybridized carbons (Fsp3) is 0.375. The third-order valence-electron chi connectivity index (χ3n) is 5.90. The number of hydrogen-bond donors (Lipinski definition) is 2. The first-order valence-electron chi connectivity index (χ1n) is 11.6. The fourth-order valence-electron chi connectivity index (χ4n) is 3.59. The van der Waals surface area contributed by atoms with Crippen LogP contribution in [0.25, 0.3) is 0 Å². The molecule has 2 aromatic heterocycles. The van der Waals surface area contributed by atoms with Gasteiger partial charge in [-0.15, -0.1) is 0 Å². The van der Waals surface area contributed by atoms with Gasteiger partial charge in [0.2, 0.25) is 5.95 Å². The van der Waals surface area contributed by atoms with Crippen molar-refractivity contribution in [2.75, 3.05) is 40.6 Å². The van der Waals surface area contributed by atoms with E-state index < -0.39 is 35.7 Å². The molecule has 1 unspecified atom stereocenters. The van der Waals surface area contributed by atoms with Crippen molar-refractivity contribution in [3.8, 4) is 0 Å². The summed E-state index contributed by atoms with van der Waals surface area (Å²) in [4.78, 5) is 12.2. The molecule has 0 radical (unpaired) electrons. The highest BCUT2D eigenvalue weighted by Crippen LogP contribution is 2.48. The van der Waals surface area contributed by atoms with Crippen LogP contribution in [0, 0.1) is 0 Å². The second kappa shape index (κ2) is 12.0. The van der Waals surface area contributed by atoms with Crippen LogP contribution in [-0.2, 0) is 34.4 Å². The van der Waals surface area contributed by atoms with Gasteiger partial charge in [-0.2, -0.15) is 18.2 Å². The third kappa shape index (κ3) is 7.52. The van der Waals surface area contributed by atoms with E-state index in [9.17, 15) is 21.9 Å². The largest absolute Gasteiger partial charge is 0.421 e. The van der Waals surface area contributed by atoms with Gasteiger partial charge in [0.05, 0.1) is 7.14 Å². The summed E-state index contributed by atoms with van der Waals surface area (Å²) in [6.07, 6.45) is 0.684. The minimum Gasteiger partial charge on any atom is -0.365 e. The second-order valence-corrected chi connectivity index (χ2v) is 13.5. The predicted octanol–water partition coefficient (Wildman–Crippen LogP) is 5.88. The molecule has 0 aliphatic heterocycles. The van der Waals surface area contributed by atoms with Gasteiger partial charge in [0.25, 0.3) is 0 Å². The van der Waals surface area contributed by atoms with Gasteiger partial charge in [-0.05, 0) is 36.1 Å². The Morgan fingerprint density at radius 1 is 1.11 bits per heavy atom. The molecule has 1 aromatic carbocycles. The van der Waals surface area contributed by atoms with Crippen LogP contribution in [0.2, 0.25) is 0 Å². The Morgan fingerprint density at radius 2 is 1.84 bits per heavy atom. The van der Waals surface area contributed by atoms with Crippen molar-refractivity contribution in [3.05, 3.63) is 65.5 Å². The zero-order valence-electron chi connectivity index (χ0n) is 21.0. The Hall–Kier alpha value is -2.98. The monoisotopic (exact) mass is 554 g/mol. The van der Waals surface area contributed by atoms with Crippen molar-refractivity contribution in [2.45, 2.75) is 32.7 Å². The topological polar surface area (TPSA) is 100 Å². The van der Waals surface area contributed by atoms with Crippen LogP contribution in [0.15, 0.2) is 48.8 Å². The summed E-state index contributed by atoms with van der Waals surface area (Å²) in [6, 6.07) is 10.5. The van der Waals surface area contributed by atoms with E-state index in [-0.39, 0.29) is 12.5 Å². The van der Waals surface area contributed by atoms with E-state index in [0.29, 0.717) is 35.6 Å². The highest BCUT2D eigenvalue weighted by atomic mass is 32.2. The number of rotatable bonds is 11. The van der Waals surface area contributed by atoms with E-state index >= 15 is 0 Å². The molecular weight excluding hydrogens is 524 g/mol. The molecule has 0 amide bonds. The van der Waals surface area contributed by atoms with E-state index in [1.54, 1.807) is 37.4 Å². The van der Waals surface area contributed by atoms with Gasteiger partial charge >= 0.3 is 6.18 Å². The van der Waals surface area contributed by atoms with Gasteiger partial charge in [-0.1, -0.05) is 32.0 Å². The summed E-state index contributed by atoms with van der Waals surface area (Å²) < 4.78 is 67.3. The molecule has 13 heteroatoms. The van der Waals surface area contributed by atoms with E-state index in [0.717, 1.165) is 11.8 Å². The van der Waals surface area contributed by atoms with Crippen LogP contribution in [0.1, 0.15) is 30.5 Å². The quantitative estimate of drug-likeness (QED) is 0.286. The number of nitrogens with one attached hydrogen (secondary N) is 2. The molecule has 200 valence electrons. The molecule has 0 bridgehead atoms. The van der Waals surface area contributed by atoms with Crippen LogP contribution in [0.4, 0.5) is 36.4 Å². The number of anilines is 4. The molecule has 0 saturated heterocycles. The molecule has 1 atom stereocenters. The highest BCUT2D eigenvalue weighted by Gasteiger charge is 2.35. The predicted molar refractivity (Wildman–Crippen MR) is 143 cm³/mol. The summed E-state index contributed by atoms with van der Waals surface area (Å²) in [6.45, 7) is 3.78. The zero-order chi connectivity index (χ0) is 27.2. The maximum Gasteiger partial charge on any atom is 0.421 e. The second-order valence-electron chi connectivity index (χ2n) is 8.39. The van der Waals surface area contributed by atoms with Crippen molar-refractivity contribution in [1.29, 1.82) is 0 Å². The van der Waals surface area contributed by atoms with Gasteiger partial charge in [-0.25, -0.2) is 14.2 Å². The lowest BCUT2D eigenvalue weighted by atomic mass is 10.2. The highest BCUT2D eigenvalue weighted by molar-refractivity contribution is 7.85. The Balaban J connectivity index is 1.87. The van der Waals surface area contributed by atoms with Gasteiger partial charge in [0, 0.05) is 49.7 Å². The number of pyridine rings is 1. The van der Waals surface area contributed by atoms with Crippen LogP contribution in [0.3, 0.4) is 0 Å². The average molecular weight is 555 g/mol.